The molecule has 0 aliphatic rings. The Morgan fingerprint density at radius 1 is 1.05 bits per heavy atom. The number of methoxy groups -OCH3 is 1. The van der Waals surface area contributed by atoms with Crippen LogP contribution in [0.25, 0.3) is 0 Å². The largest absolute Gasteiger partial charge is 0.493 e. The highest BCUT2D eigenvalue weighted by molar-refractivity contribution is 5.44. The lowest BCUT2D eigenvalue weighted by Crippen LogP contribution is -2.14. The molecule has 0 fully saturated rings. The van der Waals surface area contributed by atoms with Gasteiger partial charge in [0, 0.05) is 12.5 Å². The molecule has 2 aromatic rings. The average molecular weight is 307 g/mol. The molecule has 2 aromatic carbocycles. The van der Waals surface area contributed by atoms with Crippen LogP contribution in [0.3, 0.4) is 0 Å². The molecule has 118 valence electrons. The third kappa shape index (κ3) is 4.43. The second kappa shape index (κ2) is 7.75. The highest BCUT2D eigenvalue weighted by Crippen LogP contribution is 2.31. The van der Waals surface area contributed by atoms with Crippen LogP contribution >= 0.6 is 0 Å². The van der Waals surface area contributed by atoms with Crippen molar-refractivity contribution in [3.05, 3.63) is 59.7 Å². The third-order valence-electron chi connectivity index (χ3n) is 3.29. The van der Waals surface area contributed by atoms with Gasteiger partial charge in [0.1, 0.15) is 6.61 Å². The lowest BCUT2D eigenvalue weighted by Gasteiger charge is -2.15. The smallest absolute Gasteiger partial charge is 0.240 e. The molecule has 0 bridgehead atoms. The Morgan fingerprint density at radius 3 is 2.41 bits per heavy atom. The first-order valence-electron chi connectivity index (χ1n) is 6.98. The van der Waals surface area contributed by atoms with Crippen LogP contribution in [0.2, 0.25) is 0 Å². The van der Waals surface area contributed by atoms with E-state index in [4.69, 9.17) is 15.2 Å². The van der Waals surface area contributed by atoms with Crippen molar-refractivity contribution in [1.82, 2.24) is 0 Å². The van der Waals surface area contributed by atoms with Gasteiger partial charge in [-0.25, -0.2) is 8.78 Å². The zero-order chi connectivity index (χ0) is 15.9. The SMILES string of the molecule is COc1cc([C@@H](N)CC(F)F)ccc1OCc1ccccc1. The Bertz CT molecular complexity index is 590. The van der Waals surface area contributed by atoms with E-state index in [1.807, 2.05) is 30.3 Å². The van der Waals surface area contributed by atoms with Crippen molar-refractivity contribution in [3.63, 3.8) is 0 Å². The topological polar surface area (TPSA) is 44.5 Å². The zero-order valence-corrected chi connectivity index (χ0v) is 12.3. The van der Waals surface area contributed by atoms with Gasteiger partial charge in [0.05, 0.1) is 7.11 Å². The molecule has 0 unspecified atom stereocenters. The number of alkyl halides is 2. The molecule has 3 nitrogen and oxygen atoms in total. The first-order chi connectivity index (χ1) is 10.6. The molecule has 22 heavy (non-hydrogen) atoms. The number of rotatable bonds is 7. The van der Waals surface area contributed by atoms with Crippen molar-refractivity contribution >= 4 is 0 Å². The fourth-order valence-corrected chi connectivity index (χ4v) is 2.10. The molecular formula is C17H19F2NO2. The van der Waals surface area contributed by atoms with E-state index in [-0.39, 0.29) is 6.42 Å². The Balaban J connectivity index is 2.09. The normalized spacial score (nSPS) is 12.2. The molecule has 0 saturated heterocycles. The highest BCUT2D eigenvalue weighted by atomic mass is 19.3. The van der Waals surface area contributed by atoms with E-state index in [1.165, 1.54) is 7.11 Å². The number of hydrogen-bond donors (Lipinski definition) is 1. The summed E-state index contributed by atoms with van der Waals surface area (Å²) in [6, 6.07) is 14.0. The van der Waals surface area contributed by atoms with Gasteiger partial charge in [0.15, 0.2) is 11.5 Å². The molecule has 1 atom stereocenters. The first kappa shape index (κ1) is 16.2. The van der Waals surface area contributed by atoms with Crippen LogP contribution in [0.15, 0.2) is 48.5 Å². The van der Waals surface area contributed by atoms with Crippen LogP contribution < -0.4 is 15.2 Å². The van der Waals surface area contributed by atoms with Gasteiger partial charge < -0.3 is 15.2 Å². The van der Waals surface area contributed by atoms with Gasteiger partial charge >= 0.3 is 0 Å². The summed E-state index contributed by atoms with van der Waals surface area (Å²) >= 11 is 0. The second-order valence-electron chi connectivity index (χ2n) is 4.92. The predicted molar refractivity (Wildman–Crippen MR) is 81.3 cm³/mol. The Morgan fingerprint density at radius 2 is 1.77 bits per heavy atom. The Labute approximate surface area is 128 Å². The lowest BCUT2D eigenvalue weighted by atomic mass is 10.0. The van der Waals surface area contributed by atoms with Gasteiger partial charge in [-0.05, 0) is 23.3 Å². The minimum atomic E-state index is -2.44. The number of ether oxygens (including phenoxy) is 2. The molecule has 0 spiro atoms. The zero-order valence-electron chi connectivity index (χ0n) is 12.3. The van der Waals surface area contributed by atoms with Gasteiger partial charge in [-0.15, -0.1) is 0 Å². The second-order valence-corrected chi connectivity index (χ2v) is 4.92. The molecule has 0 saturated carbocycles. The maximum Gasteiger partial charge on any atom is 0.240 e. The monoisotopic (exact) mass is 307 g/mol. The molecular weight excluding hydrogens is 288 g/mol. The van der Waals surface area contributed by atoms with E-state index >= 15 is 0 Å². The molecule has 0 aliphatic carbocycles. The van der Waals surface area contributed by atoms with E-state index in [0.717, 1.165) is 5.56 Å². The summed E-state index contributed by atoms with van der Waals surface area (Å²) in [5, 5.41) is 0. The van der Waals surface area contributed by atoms with Crippen LogP contribution in [0.1, 0.15) is 23.6 Å². The summed E-state index contributed by atoms with van der Waals surface area (Å²) in [5.74, 6) is 1.04. The molecule has 0 amide bonds. The fraction of sp³-hybridized carbons (Fsp3) is 0.294. The van der Waals surface area contributed by atoms with E-state index in [9.17, 15) is 8.78 Å². The van der Waals surface area contributed by atoms with Gasteiger partial charge in [0.2, 0.25) is 6.43 Å². The van der Waals surface area contributed by atoms with Crippen molar-refractivity contribution in [1.29, 1.82) is 0 Å². The van der Waals surface area contributed by atoms with Gasteiger partial charge in [-0.2, -0.15) is 0 Å². The maximum atomic E-state index is 12.4. The van der Waals surface area contributed by atoms with E-state index in [0.29, 0.717) is 23.7 Å². The first-order valence-corrected chi connectivity index (χ1v) is 6.98. The van der Waals surface area contributed by atoms with Crippen molar-refractivity contribution in [2.45, 2.75) is 25.5 Å². The minimum absolute atomic E-state index is 0.382. The summed E-state index contributed by atoms with van der Waals surface area (Å²) in [6.45, 7) is 0.402. The minimum Gasteiger partial charge on any atom is -0.493 e. The number of hydrogen-bond acceptors (Lipinski definition) is 3. The lowest BCUT2D eigenvalue weighted by molar-refractivity contribution is 0.128. The predicted octanol–water partition coefficient (Wildman–Crippen LogP) is 3.93. The van der Waals surface area contributed by atoms with E-state index in [1.54, 1.807) is 18.2 Å². The van der Waals surface area contributed by atoms with E-state index < -0.39 is 12.5 Å². The summed E-state index contributed by atoms with van der Waals surface area (Å²) in [6.07, 6.45) is -2.82. The van der Waals surface area contributed by atoms with Gasteiger partial charge in [-0.1, -0.05) is 36.4 Å². The molecule has 0 aromatic heterocycles. The highest BCUT2D eigenvalue weighted by Gasteiger charge is 2.15. The molecule has 2 N–H and O–H groups in total. The molecule has 0 heterocycles. The number of benzene rings is 2. The Kier molecular flexibility index (Phi) is 5.72. The van der Waals surface area contributed by atoms with Crippen molar-refractivity contribution in [2.24, 2.45) is 5.73 Å². The summed E-state index contributed by atoms with van der Waals surface area (Å²) < 4.78 is 35.8. The average Bonchev–Trinajstić information content (AvgIpc) is 2.53. The van der Waals surface area contributed by atoms with Crippen molar-refractivity contribution in [2.75, 3.05) is 7.11 Å². The van der Waals surface area contributed by atoms with Crippen LogP contribution in [-0.4, -0.2) is 13.5 Å². The fourth-order valence-electron chi connectivity index (χ4n) is 2.10. The standard InChI is InChI=1S/C17H19F2NO2/c1-21-16-9-13(14(20)10-17(18)19)7-8-15(16)22-11-12-5-3-2-4-6-12/h2-9,14,17H,10-11,20H2,1H3/t14-/m0/s1. The van der Waals surface area contributed by atoms with Gasteiger partial charge in [0.25, 0.3) is 0 Å². The Hall–Kier alpha value is -2.14. The van der Waals surface area contributed by atoms with Crippen LogP contribution in [-0.2, 0) is 6.61 Å². The molecule has 0 aliphatic heterocycles. The maximum absolute atomic E-state index is 12.4. The number of nitrogens with two attached hydrogens (primary N) is 1. The van der Waals surface area contributed by atoms with Crippen molar-refractivity contribution in [3.8, 4) is 11.5 Å². The summed E-state index contributed by atoms with van der Waals surface area (Å²) in [4.78, 5) is 0. The molecule has 2 rings (SSSR count). The van der Waals surface area contributed by atoms with E-state index in [2.05, 4.69) is 0 Å². The van der Waals surface area contributed by atoms with Crippen LogP contribution in [0, 0.1) is 0 Å². The molecule has 5 heteroatoms. The summed E-state index contributed by atoms with van der Waals surface area (Å²) in [7, 11) is 1.51. The van der Waals surface area contributed by atoms with Crippen molar-refractivity contribution < 1.29 is 18.3 Å². The van der Waals surface area contributed by atoms with Crippen LogP contribution in [0.5, 0.6) is 11.5 Å². The quantitative estimate of drug-likeness (QED) is 0.843. The molecule has 0 radical (unpaired) electrons. The van der Waals surface area contributed by atoms with Crippen LogP contribution in [0.4, 0.5) is 8.78 Å². The number of halogens is 2. The summed E-state index contributed by atoms with van der Waals surface area (Å²) in [5.41, 5.74) is 7.39. The third-order valence-corrected chi connectivity index (χ3v) is 3.29. The van der Waals surface area contributed by atoms with Gasteiger partial charge in [-0.3, -0.25) is 0 Å².